The highest BCUT2D eigenvalue weighted by atomic mass is 32.1. The van der Waals surface area contributed by atoms with Gasteiger partial charge < -0.3 is 10.2 Å². The minimum Gasteiger partial charge on any atom is -0.355 e. The molecule has 1 saturated heterocycles. The maximum atomic E-state index is 14.9. The summed E-state index contributed by atoms with van der Waals surface area (Å²) in [6.07, 6.45) is -3.85. The van der Waals surface area contributed by atoms with Gasteiger partial charge in [-0.05, 0) is 67.9 Å². The van der Waals surface area contributed by atoms with E-state index in [1.807, 2.05) is 0 Å². The van der Waals surface area contributed by atoms with Crippen molar-refractivity contribution >= 4 is 40.5 Å². The van der Waals surface area contributed by atoms with E-state index >= 15 is 0 Å². The van der Waals surface area contributed by atoms with Crippen LogP contribution in [0.2, 0.25) is 0 Å². The summed E-state index contributed by atoms with van der Waals surface area (Å²) in [5.74, 6) is -3.02. The lowest BCUT2D eigenvalue weighted by Crippen LogP contribution is -2.55. The SMILES string of the molecule is [2H]C([2H])([2H])NC(=O)c1ccc(N2C(=S)N(c3ccc(C#N)cc3C(F)(F)F)C(=O)C23CCC3)cc1F. The van der Waals surface area contributed by atoms with E-state index in [0.717, 1.165) is 29.2 Å². The number of halogens is 4. The fourth-order valence-electron chi connectivity index (χ4n) is 4.12. The van der Waals surface area contributed by atoms with E-state index in [2.05, 4.69) is 0 Å². The van der Waals surface area contributed by atoms with Gasteiger partial charge in [-0.3, -0.25) is 14.5 Å². The molecule has 1 heterocycles. The normalized spacial score (nSPS) is 18.9. The van der Waals surface area contributed by atoms with Crippen LogP contribution >= 0.6 is 12.2 Å². The lowest BCUT2D eigenvalue weighted by Gasteiger charge is -2.43. The molecule has 2 amide bonds. The predicted octanol–water partition coefficient (Wildman–Crippen LogP) is 4.14. The highest BCUT2D eigenvalue weighted by Crippen LogP contribution is 2.49. The number of amides is 2. The van der Waals surface area contributed by atoms with Crippen molar-refractivity contribution in [2.24, 2.45) is 0 Å². The molecule has 11 heteroatoms. The second-order valence-corrected chi connectivity index (χ2v) is 7.97. The number of benzene rings is 2. The van der Waals surface area contributed by atoms with E-state index in [4.69, 9.17) is 21.6 Å². The molecule has 1 N–H and O–H groups in total. The average molecular weight is 479 g/mol. The molecule has 170 valence electrons. The Balaban J connectivity index is 1.78. The zero-order chi connectivity index (χ0) is 26.6. The molecule has 6 nitrogen and oxygen atoms in total. The number of nitriles is 1. The molecule has 1 saturated carbocycles. The molecular weight excluding hydrogens is 460 g/mol. The average Bonchev–Trinajstić information content (AvgIpc) is 2.98. The second kappa shape index (κ2) is 7.81. The van der Waals surface area contributed by atoms with Crippen molar-refractivity contribution in [2.45, 2.75) is 31.0 Å². The van der Waals surface area contributed by atoms with Crippen molar-refractivity contribution < 1.29 is 31.3 Å². The van der Waals surface area contributed by atoms with Crippen LogP contribution in [-0.4, -0.2) is 29.4 Å². The van der Waals surface area contributed by atoms with Crippen LogP contribution in [0.25, 0.3) is 0 Å². The lowest BCUT2D eigenvalue weighted by atomic mass is 9.75. The van der Waals surface area contributed by atoms with E-state index < -0.39 is 53.1 Å². The zero-order valence-electron chi connectivity index (χ0n) is 19.7. The Morgan fingerprint density at radius 3 is 2.55 bits per heavy atom. The Kier molecular flexibility index (Phi) is 4.49. The minimum absolute atomic E-state index is 0.0145. The van der Waals surface area contributed by atoms with Crippen LogP contribution in [0.3, 0.4) is 0 Å². The van der Waals surface area contributed by atoms with Crippen LogP contribution in [0.4, 0.5) is 28.9 Å². The van der Waals surface area contributed by atoms with Crippen LogP contribution in [0.15, 0.2) is 36.4 Å². The third-order valence-corrected chi connectivity index (χ3v) is 6.20. The van der Waals surface area contributed by atoms with Crippen molar-refractivity contribution in [3.63, 3.8) is 0 Å². The largest absolute Gasteiger partial charge is 0.418 e. The molecule has 0 bridgehead atoms. The number of carbonyl (C=O) groups excluding carboxylic acids is 2. The van der Waals surface area contributed by atoms with Crippen molar-refractivity contribution in [1.82, 2.24) is 5.32 Å². The summed E-state index contributed by atoms with van der Waals surface area (Å²) >= 11 is 5.42. The summed E-state index contributed by atoms with van der Waals surface area (Å²) in [4.78, 5) is 27.6. The predicted molar refractivity (Wildman–Crippen MR) is 115 cm³/mol. The summed E-state index contributed by atoms with van der Waals surface area (Å²) in [5.41, 5.74) is -3.94. The molecule has 2 aromatic carbocycles. The number of hydrogen-bond acceptors (Lipinski definition) is 4. The summed E-state index contributed by atoms with van der Waals surface area (Å²) < 4.78 is 77.7. The van der Waals surface area contributed by atoms with E-state index in [-0.39, 0.29) is 29.2 Å². The molecule has 0 radical (unpaired) electrons. The smallest absolute Gasteiger partial charge is 0.355 e. The number of hydrogen-bond donors (Lipinski definition) is 1. The summed E-state index contributed by atoms with van der Waals surface area (Å²) in [6.45, 7) is -2.85. The Morgan fingerprint density at radius 2 is 2.00 bits per heavy atom. The van der Waals surface area contributed by atoms with Gasteiger partial charge in [0.1, 0.15) is 11.4 Å². The highest BCUT2D eigenvalue weighted by Gasteiger charge is 2.60. The van der Waals surface area contributed by atoms with Gasteiger partial charge in [0.25, 0.3) is 11.8 Å². The van der Waals surface area contributed by atoms with E-state index in [1.165, 1.54) is 11.0 Å². The molecule has 0 atom stereocenters. The molecule has 33 heavy (non-hydrogen) atoms. The van der Waals surface area contributed by atoms with E-state index in [0.29, 0.717) is 12.5 Å². The third-order valence-electron chi connectivity index (χ3n) is 5.83. The van der Waals surface area contributed by atoms with Crippen LogP contribution in [0.5, 0.6) is 0 Å². The first-order valence-electron chi connectivity index (χ1n) is 11.1. The summed E-state index contributed by atoms with van der Waals surface area (Å²) in [7, 11) is 0. The third kappa shape index (κ3) is 3.41. The fraction of sp³-hybridized carbons (Fsp3) is 0.273. The second-order valence-electron chi connectivity index (χ2n) is 7.60. The molecule has 1 aliphatic heterocycles. The summed E-state index contributed by atoms with van der Waals surface area (Å²) in [5, 5.41) is 10.4. The Hall–Kier alpha value is -3.52. The maximum Gasteiger partial charge on any atom is 0.418 e. The van der Waals surface area contributed by atoms with Gasteiger partial charge in [0.2, 0.25) is 0 Å². The van der Waals surface area contributed by atoms with Crippen molar-refractivity contribution in [1.29, 1.82) is 5.26 Å². The first kappa shape index (κ1) is 19.0. The molecule has 0 unspecified atom stereocenters. The molecule has 2 aliphatic rings. The standard InChI is InChI=1S/C22H16F4N4O2S/c1-28-18(31)14-5-4-13(10-16(14)23)30-20(33)29(19(32)21(30)7-2-8-21)17-6-3-12(11-27)9-15(17)22(24,25)26/h3-6,9-10H,2,7-8H2,1H3,(H,28,31)/i1D3. The molecular formula is C22H16F4N4O2S. The van der Waals surface area contributed by atoms with Gasteiger partial charge in [0, 0.05) is 16.8 Å². The molecule has 1 aliphatic carbocycles. The van der Waals surface area contributed by atoms with Crippen LogP contribution in [0.1, 0.15) is 44.9 Å². The van der Waals surface area contributed by atoms with Crippen LogP contribution in [-0.2, 0) is 11.0 Å². The number of nitrogens with one attached hydrogen (secondary N) is 1. The fourth-order valence-corrected chi connectivity index (χ4v) is 4.58. The lowest BCUT2D eigenvalue weighted by molar-refractivity contribution is -0.137. The molecule has 2 aromatic rings. The first-order valence-corrected chi connectivity index (χ1v) is 10.0. The molecule has 2 fully saturated rings. The number of rotatable bonds is 3. The Labute approximate surface area is 195 Å². The van der Waals surface area contributed by atoms with Gasteiger partial charge in [0.05, 0.1) is 28.4 Å². The number of carbonyl (C=O) groups is 2. The van der Waals surface area contributed by atoms with Gasteiger partial charge in [-0.25, -0.2) is 4.39 Å². The van der Waals surface area contributed by atoms with Gasteiger partial charge in [-0.15, -0.1) is 0 Å². The quantitative estimate of drug-likeness (QED) is 0.529. The van der Waals surface area contributed by atoms with Gasteiger partial charge >= 0.3 is 6.18 Å². The van der Waals surface area contributed by atoms with Crippen molar-refractivity contribution in [2.75, 3.05) is 16.8 Å². The number of alkyl halides is 3. The Morgan fingerprint density at radius 1 is 1.27 bits per heavy atom. The molecule has 1 spiro atoms. The maximum absolute atomic E-state index is 14.9. The zero-order valence-corrected chi connectivity index (χ0v) is 17.5. The van der Waals surface area contributed by atoms with Crippen LogP contribution < -0.4 is 15.1 Å². The number of thiocarbonyl (C=S) groups is 1. The monoisotopic (exact) mass is 479 g/mol. The van der Waals surface area contributed by atoms with Gasteiger partial charge in [-0.2, -0.15) is 18.4 Å². The van der Waals surface area contributed by atoms with E-state index in [9.17, 15) is 27.2 Å². The van der Waals surface area contributed by atoms with Crippen LogP contribution in [0, 0.1) is 17.1 Å². The minimum atomic E-state index is -4.90. The van der Waals surface area contributed by atoms with Crippen molar-refractivity contribution in [3.8, 4) is 6.07 Å². The molecule has 0 aromatic heterocycles. The Bertz CT molecular complexity index is 1340. The summed E-state index contributed by atoms with van der Waals surface area (Å²) in [6, 6.07) is 7.51. The highest BCUT2D eigenvalue weighted by molar-refractivity contribution is 7.81. The van der Waals surface area contributed by atoms with Gasteiger partial charge in [-0.1, -0.05) is 0 Å². The number of nitrogens with zero attached hydrogens (tertiary/aromatic N) is 3. The van der Waals surface area contributed by atoms with Gasteiger partial charge in [0.15, 0.2) is 5.11 Å². The van der Waals surface area contributed by atoms with Crippen molar-refractivity contribution in [3.05, 3.63) is 58.9 Å². The topological polar surface area (TPSA) is 76.4 Å². The first-order chi connectivity index (χ1) is 16.7. The molecule has 4 rings (SSSR count). The van der Waals surface area contributed by atoms with E-state index in [1.54, 1.807) is 11.4 Å². The number of anilines is 2.